The van der Waals surface area contributed by atoms with Crippen molar-refractivity contribution in [3.8, 4) is 0 Å². The number of aldehydes is 1. The van der Waals surface area contributed by atoms with Crippen molar-refractivity contribution in [3.05, 3.63) is 17.5 Å². The van der Waals surface area contributed by atoms with Crippen LogP contribution < -0.4 is 5.32 Å². The normalized spacial score (nSPS) is 16.2. The van der Waals surface area contributed by atoms with Crippen molar-refractivity contribution in [3.63, 3.8) is 0 Å². The van der Waals surface area contributed by atoms with Crippen LogP contribution in [0.25, 0.3) is 0 Å². The molecule has 0 aliphatic carbocycles. The second kappa shape index (κ2) is 4.44. The third kappa shape index (κ3) is 1.96. The van der Waals surface area contributed by atoms with Crippen molar-refractivity contribution in [2.75, 3.05) is 26.2 Å². The van der Waals surface area contributed by atoms with Crippen LogP contribution >= 0.6 is 0 Å². The number of rotatable bonds is 2. The third-order valence-electron chi connectivity index (χ3n) is 2.59. The Kier molecular flexibility index (Phi) is 3.00. The number of hydrogen-bond acceptors (Lipinski definition) is 4. The van der Waals surface area contributed by atoms with Crippen LogP contribution in [0.2, 0.25) is 0 Å². The first kappa shape index (κ1) is 10.8. The number of hydrogen-bond donors (Lipinski definition) is 1. The molecule has 0 saturated carbocycles. The fourth-order valence-corrected chi connectivity index (χ4v) is 1.78. The van der Waals surface area contributed by atoms with E-state index in [1.165, 1.54) is 4.68 Å². The third-order valence-corrected chi connectivity index (χ3v) is 2.59. The van der Waals surface area contributed by atoms with Gasteiger partial charge < -0.3 is 10.2 Å². The molecule has 1 saturated heterocycles. The van der Waals surface area contributed by atoms with Crippen LogP contribution in [0.4, 0.5) is 0 Å². The molecular weight excluding hydrogens is 208 g/mol. The van der Waals surface area contributed by atoms with Crippen molar-refractivity contribution in [2.24, 2.45) is 7.05 Å². The van der Waals surface area contributed by atoms with E-state index in [9.17, 15) is 9.59 Å². The first-order valence-corrected chi connectivity index (χ1v) is 5.21. The number of aromatic nitrogens is 2. The molecule has 86 valence electrons. The summed E-state index contributed by atoms with van der Waals surface area (Å²) in [6.45, 7) is 2.89. The lowest BCUT2D eigenvalue weighted by atomic mass is 10.2. The van der Waals surface area contributed by atoms with Crippen molar-refractivity contribution in [2.45, 2.75) is 0 Å². The number of nitrogens with one attached hydrogen (secondary N) is 1. The SMILES string of the molecule is Cn1cc(C=O)c(C(=O)N2CCNCC2)n1. The van der Waals surface area contributed by atoms with Crippen LogP contribution in [0.15, 0.2) is 6.20 Å². The number of carbonyl (C=O) groups is 2. The minimum atomic E-state index is -0.163. The Morgan fingerprint density at radius 3 is 2.81 bits per heavy atom. The highest BCUT2D eigenvalue weighted by atomic mass is 16.2. The molecule has 1 fully saturated rings. The summed E-state index contributed by atoms with van der Waals surface area (Å²) >= 11 is 0. The van der Waals surface area contributed by atoms with E-state index in [4.69, 9.17) is 0 Å². The zero-order chi connectivity index (χ0) is 11.5. The molecule has 0 radical (unpaired) electrons. The highest BCUT2D eigenvalue weighted by molar-refractivity contribution is 5.99. The Balaban J connectivity index is 2.21. The summed E-state index contributed by atoms with van der Waals surface area (Å²) in [4.78, 5) is 24.6. The minimum absolute atomic E-state index is 0.163. The Morgan fingerprint density at radius 1 is 1.50 bits per heavy atom. The van der Waals surface area contributed by atoms with Gasteiger partial charge in [-0.15, -0.1) is 0 Å². The van der Waals surface area contributed by atoms with Gasteiger partial charge in [0.2, 0.25) is 0 Å². The van der Waals surface area contributed by atoms with Crippen LogP contribution in [0, 0.1) is 0 Å². The van der Waals surface area contributed by atoms with Gasteiger partial charge in [0.15, 0.2) is 12.0 Å². The Bertz CT molecular complexity index is 407. The van der Waals surface area contributed by atoms with Crippen molar-refractivity contribution >= 4 is 12.2 Å². The molecule has 0 aromatic carbocycles. The lowest BCUT2D eigenvalue weighted by molar-refractivity contribution is 0.0726. The highest BCUT2D eigenvalue weighted by Crippen LogP contribution is 2.08. The number of carbonyl (C=O) groups excluding carboxylic acids is 2. The molecule has 1 N–H and O–H groups in total. The summed E-state index contributed by atoms with van der Waals surface area (Å²) in [7, 11) is 1.70. The summed E-state index contributed by atoms with van der Waals surface area (Å²) < 4.78 is 1.49. The van der Waals surface area contributed by atoms with E-state index in [0.717, 1.165) is 13.1 Å². The average molecular weight is 222 g/mol. The summed E-state index contributed by atoms with van der Waals surface area (Å²) in [6, 6.07) is 0. The molecule has 1 aromatic rings. The van der Waals surface area contributed by atoms with Crippen LogP contribution in [0.5, 0.6) is 0 Å². The van der Waals surface area contributed by atoms with Gasteiger partial charge in [-0.3, -0.25) is 14.3 Å². The maximum Gasteiger partial charge on any atom is 0.275 e. The molecule has 0 unspecified atom stereocenters. The first-order valence-electron chi connectivity index (χ1n) is 5.21. The van der Waals surface area contributed by atoms with Gasteiger partial charge in [0.25, 0.3) is 5.91 Å². The molecule has 6 nitrogen and oxygen atoms in total. The van der Waals surface area contributed by atoms with E-state index < -0.39 is 0 Å². The van der Waals surface area contributed by atoms with Crippen LogP contribution in [0.3, 0.4) is 0 Å². The second-order valence-corrected chi connectivity index (χ2v) is 3.77. The zero-order valence-electron chi connectivity index (χ0n) is 9.14. The lowest BCUT2D eigenvalue weighted by Crippen LogP contribution is -2.46. The zero-order valence-corrected chi connectivity index (χ0v) is 9.14. The van der Waals surface area contributed by atoms with Gasteiger partial charge in [-0.25, -0.2) is 0 Å². The van der Waals surface area contributed by atoms with Gasteiger partial charge in [-0.05, 0) is 0 Å². The van der Waals surface area contributed by atoms with E-state index in [0.29, 0.717) is 24.9 Å². The van der Waals surface area contributed by atoms with Crippen LogP contribution in [0.1, 0.15) is 20.8 Å². The Labute approximate surface area is 93.2 Å². The summed E-state index contributed by atoms with van der Waals surface area (Å²) in [5.74, 6) is -0.163. The van der Waals surface area contributed by atoms with Gasteiger partial charge in [0.05, 0.1) is 5.56 Å². The Morgan fingerprint density at radius 2 is 2.19 bits per heavy atom. The van der Waals surface area contributed by atoms with E-state index in [2.05, 4.69) is 10.4 Å². The molecule has 0 bridgehead atoms. The fraction of sp³-hybridized carbons (Fsp3) is 0.500. The van der Waals surface area contributed by atoms with Crippen molar-refractivity contribution < 1.29 is 9.59 Å². The summed E-state index contributed by atoms with van der Waals surface area (Å²) in [5, 5.41) is 7.20. The molecule has 16 heavy (non-hydrogen) atoms. The van der Waals surface area contributed by atoms with E-state index in [1.807, 2.05) is 0 Å². The van der Waals surface area contributed by atoms with Crippen molar-refractivity contribution in [1.29, 1.82) is 0 Å². The number of aryl methyl sites for hydroxylation is 1. The van der Waals surface area contributed by atoms with E-state index in [1.54, 1.807) is 18.1 Å². The predicted molar refractivity (Wildman–Crippen MR) is 57.4 cm³/mol. The average Bonchev–Trinajstić information content (AvgIpc) is 2.70. The molecule has 0 atom stereocenters. The maximum atomic E-state index is 12.1. The number of piperazine rings is 1. The summed E-state index contributed by atoms with van der Waals surface area (Å²) in [5.41, 5.74) is 0.602. The first-order chi connectivity index (χ1) is 7.72. The molecule has 1 aliphatic rings. The Hall–Kier alpha value is -1.69. The number of amides is 1. The predicted octanol–water partition coefficient (Wildman–Crippen LogP) is -0.722. The monoisotopic (exact) mass is 222 g/mol. The number of nitrogens with zero attached hydrogens (tertiary/aromatic N) is 3. The van der Waals surface area contributed by atoms with Gasteiger partial charge in [0, 0.05) is 39.4 Å². The molecule has 2 rings (SSSR count). The molecule has 2 heterocycles. The fourth-order valence-electron chi connectivity index (χ4n) is 1.78. The molecule has 1 amide bonds. The molecule has 1 aliphatic heterocycles. The van der Waals surface area contributed by atoms with Crippen LogP contribution in [-0.2, 0) is 7.05 Å². The highest BCUT2D eigenvalue weighted by Gasteiger charge is 2.23. The van der Waals surface area contributed by atoms with Crippen LogP contribution in [-0.4, -0.2) is 53.1 Å². The van der Waals surface area contributed by atoms with Gasteiger partial charge in [-0.1, -0.05) is 0 Å². The molecule has 6 heteroatoms. The van der Waals surface area contributed by atoms with Gasteiger partial charge >= 0.3 is 0 Å². The molecule has 0 spiro atoms. The van der Waals surface area contributed by atoms with E-state index in [-0.39, 0.29) is 11.6 Å². The standard InChI is InChI=1S/C10H14N4O2/c1-13-6-8(7-15)9(12-13)10(16)14-4-2-11-3-5-14/h6-7,11H,2-5H2,1H3. The molecular formula is C10H14N4O2. The largest absolute Gasteiger partial charge is 0.335 e. The smallest absolute Gasteiger partial charge is 0.275 e. The van der Waals surface area contributed by atoms with Gasteiger partial charge in [0.1, 0.15) is 0 Å². The minimum Gasteiger partial charge on any atom is -0.335 e. The lowest BCUT2D eigenvalue weighted by Gasteiger charge is -2.26. The van der Waals surface area contributed by atoms with Crippen molar-refractivity contribution in [1.82, 2.24) is 20.0 Å². The quantitative estimate of drug-likeness (QED) is 0.670. The van der Waals surface area contributed by atoms with E-state index >= 15 is 0 Å². The van der Waals surface area contributed by atoms with Gasteiger partial charge in [-0.2, -0.15) is 5.10 Å². The second-order valence-electron chi connectivity index (χ2n) is 3.77. The summed E-state index contributed by atoms with van der Waals surface area (Å²) in [6.07, 6.45) is 2.23. The maximum absolute atomic E-state index is 12.1. The topological polar surface area (TPSA) is 67.2 Å². The molecule has 1 aromatic heterocycles.